The van der Waals surface area contributed by atoms with Gasteiger partial charge in [0, 0.05) is 11.3 Å². The van der Waals surface area contributed by atoms with Crippen molar-refractivity contribution in [3.8, 4) is 0 Å². The summed E-state index contributed by atoms with van der Waals surface area (Å²) in [6.07, 6.45) is 0. The van der Waals surface area contributed by atoms with E-state index in [1.807, 2.05) is 19.1 Å². The molecule has 0 radical (unpaired) electrons. The molecule has 0 aliphatic heterocycles. The fraction of sp³-hybridized carbons (Fsp3) is 0.0714. The Hall–Kier alpha value is -2.76. The number of pyridine rings is 1. The van der Waals surface area contributed by atoms with Crippen molar-refractivity contribution >= 4 is 22.8 Å². The molecule has 5 nitrogen and oxygen atoms in total. The van der Waals surface area contributed by atoms with Crippen molar-refractivity contribution in [3.05, 3.63) is 53.5 Å². The van der Waals surface area contributed by atoms with Gasteiger partial charge in [-0.3, -0.25) is 9.89 Å². The summed E-state index contributed by atoms with van der Waals surface area (Å²) in [6, 6.07) is 8.99. The molecule has 0 atom stereocenters. The lowest BCUT2D eigenvalue weighted by Crippen LogP contribution is -2.12. The molecular formula is C14H11FN4O. The van der Waals surface area contributed by atoms with Gasteiger partial charge in [-0.2, -0.15) is 5.10 Å². The Morgan fingerprint density at radius 3 is 2.70 bits per heavy atom. The van der Waals surface area contributed by atoms with Gasteiger partial charge in [-0.15, -0.1) is 0 Å². The van der Waals surface area contributed by atoms with Gasteiger partial charge in [0.05, 0.1) is 5.39 Å². The van der Waals surface area contributed by atoms with Crippen molar-refractivity contribution in [2.75, 3.05) is 5.32 Å². The van der Waals surface area contributed by atoms with E-state index in [9.17, 15) is 9.18 Å². The molecule has 0 aliphatic rings. The number of hydrogen-bond donors (Lipinski definition) is 2. The highest BCUT2D eigenvalue weighted by atomic mass is 19.1. The van der Waals surface area contributed by atoms with Crippen LogP contribution in [0.3, 0.4) is 0 Å². The van der Waals surface area contributed by atoms with E-state index in [1.165, 1.54) is 24.3 Å². The molecule has 0 bridgehead atoms. The molecule has 1 amide bonds. The SMILES string of the molecule is Cc1ccc2c(NC(=O)c3ccc(F)cc3)n[nH]c2n1. The van der Waals surface area contributed by atoms with Crippen LogP contribution in [0.1, 0.15) is 16.1 Å². The average Bonchev–Trinajstić information content (AvgIpc) is 2.81. The van der Waals surface area contributed by atoms with Gasteiger partial charge in [0.15, 0.2) is 11.5 Å². The Labute approximate surface area is 113 Å². The number of nitrogens with zero attached hydrogens (tertiary/aromatic N) is 2. The number of hydrogen-bond acceptors (Lipinski definition) is 3. The van der Waals surface area contributed by atoms with Crippen LogP contribution in [0.25, 0.3) is 11.0 Å². The van der Waals surface area contributed by atoms with E-state index >= 15 is 0 Å². The number of rotatable bonds is 2. The molecule has 3 aromatic rings. The molecule has 2 heterocycles. The molecule has 1 aromatic carbocycles. The van der Waals surface area contributed by atoms with E-state index in [1.54, 1.807) is 0 Å². The van der Waals surface area contributed by atoms with Gasteiger partial charge in [0.2, 0.25) is 0 Å². The van der Waals surface area contributed by atoms with Gasteiger partial charge in [-0.1, -0.05) is 0 Å². The predicted molar refractivity (Wildman–Crippen MR) is 73.0 cm³/mol. The zero-order chi connectivity index (χ0) is 14.1. The zero-order valence-corrected chi connectivity index (χ0v) is 10.6. The third-order valence-corrected chi connectivity index (χ3v) is 2.90. The molecule has 100 valence electrons. The van der Waals surface area contributed by atoms with E-state index in [2.05, 4.69) is 20.5 Å². The molecule has 0 saturated heterocycles. The molecular weight excluding hydrogens is 259 g/mol. The number of aromatic amines is 1. The Kier molecular flexibility index (Phi) is 2.90. The lowest BCUT2D eigenvalue weighted by atomic mass is 10.2. The summed E-state index contributed by atoms with van der Waals surface area (Å²) in [4.78, 5) is 16.3. The van der Waals surface area contributed by atoms with E-state index in [4.69, 9.17) is 0 Å². The van der Waals surface area contributed by atoms with Gasteiger partial charge >= 0.3 is 0 Å². The van der Waals surface area contributed by atoms with Crippen molar-refractivity contribution in [1.29, 1.82) is 0 Å². The maximum Gasteiger partial charge on any atom is 0.256 e. The minimum absolute atomic E-state index is 0.348. The van der Waals surface area contributed by atoms with E-state index in [0.717, 1.165) is 11.1 Å². The largest absolute Gasteiger partial charge is 0.305 e. The van der Waals surface area contributed by atoms with Crippen LogP contribution in [0.2, 0.25) is 0 Å². The molecule has 0 unspecified atom stereocenters. The second kappa shape index (κ2) is 4.73. The molecule has 0 aliphatic carbocycles. The summed E-state index contributed by atoms with van der Waals surface area (Å²) in [5.74, 6) is -0.327. The first kappa shape index (κ1) is 12.3. The fourth-order valence-electron chi connectivity index (χ4n) is 1.88. The standard InChI is InChI=1S/C14H11FN4O/c1-8-2-7-11-12(16-8)18-19-13(11)17-14(20)9-3-5-10(15)6-4-9/h2-7H,1H3,(H2,16,17,18,19,20). The fourth-order valence-corrected chi connectivity index (χ4v) is 1.88. The number of amides is 1. The van der Waals surface area contributed by atoms with E-state index in [0.29, 0.717) is 17.0 Å². The van der Waals surface area contributed by atoms with Crippen molar-refractivity contribution < 1.29 is 9.18 Å². The van der Waals surface area contributed by atoms with Crippen LogP contribution in [-0.2, 0) is 0 Å². The Balaban J connectivity index is 1.89. The van der Waals surface area contributed by atoms with Gasteiger partial charge in [-0.05, 0) is 43.3 Å². The molecule has 20 heavy (non-hydrogen) atoms. The third kappa shape index (κ3) is 2.23. The summed E-state index contributed by atoms with van der Waals surface area (Å²) in [5, 5.41) is 10.2. The molecule has 0 saturated carbocycles. The van der Waals surface area contributed by atoms with Crippen LogP contribution in [0.15, 0.2) is 36.4 Å². The number of carbonyl (C=O) groups is 1. The van der Waals surface area contributed by atoms with Gasteiger partial charge < -0.3 is 5.32 Å². The smallest absolute Gasteiger partial charge is 0.256 e. The number of fused-ring (bicyclic) bond motifs is 1. The normalized spacial score (nSPS) is 10.7. The monoisotopic (exact) mass is 270 g/mol. The van der Waals surface area contributed by atoms with Crippen LogP contribution < -0.4 is 5.32 Å². The highest BCUT2D eigenvalue weighted by Crippen LogP contribution is 2.19. The van der Waals surface area contributed by atoms with Crippen molar-refractivity contribution in [3.63, 3.8) is 0 Å². The molecule has 3 rings (SSSR count). The number of nitrogens with one attached hydrogen (secondary N) is 2. The number of halogens is 1. The number of carbonyl (C=O) groups excluding carboxylic acids is 1. The van der Waals surface area contributed by atoms with Crippen LogP contribution >= 0.6 is 0 Å². The van der Waals surface area contributed by atoms with Crippen molar-refractivity contribution in [2.24, 2.45) is 0 Å². The summed E-state index contributed by atoms with van der Waals surface area (Å²) in [5.41, 5.74) is 1.83. The van der Waals surface area contributed by atoms with Crippen LogP contribution in [0.5, 0.6) is 0 Å². The summed E-state index contributed by atoms with van der Waals surface area (Å²) >= 11 is 0. The van der Waals surface area contributed by atoms with Gasteiger partial charge in [0.1, 0.15) is 5.82 Å². The maximum atomic E-state index is 12.8. The molecule has 6 heteroatoms. The Morgan fingerprint density at radius 2 is 1.95 bits per heavy atom. The second-order valence-corrected chi connectivity index (χ2v) is 4.38. The number of aromatic nitrogens is 3. The summed E-state index contributed by atoms with van der Waals surface area (Å²) in [7, 11) is 0. The second-order valence-electron chi connectivity index (χ2n) is 4.38. The maximum absolute atomic E-state index is 12.8. The number of anilines is 1. The molecule has 0 fully saturated rings. The minimum atomic E-state index is -0.383. The predicted octanol–water partition coefficient (Wildman–Crippen LogP) is 2.66. The van der Waals surface area contributed by atoms with Crippen LogP contribution in [-0.4, -0.2) is 21.1 Å². The third-order valence-electron chi connectivity index (χ3n) is 2.90. The molecule has 2 aromatic heterocycles. The number of H-pyrrole nitrogens is 1. The van der Waals surface area contributed by atoms with Crippen molar-refractivity contribution in [1.82, 2.24) is 15.2 Å². The summed E-state index contributed by atoms with van der Waals surface area (Å²) < 4.78 is 12.8. The zero-order valence-electron chi connectivity index (χ0n) is 10.6. The Bertz CT molecular complexity index is 779. The van der Waals surface area contributed by atoms with Gasteiger partial charge in [-0.25, -0.2) is 9.37 Å². The first-order chi connectivity index (χ1) is 9.63. The highest BCUT2D eigenvalue weighted by Gasteiger charge is 2.11. The quantitative estimate of drug-likeness (QED) is 0.752. The van der Waals surface area contributed by atoms with E-state index < -0.39 is 0 Å². The van der Waals surface area contributed by atoms with Crippen LogP contribution in [0.4, 0.5) is 10.2 Å². The number of benzene rings is 1. The first-order valence-electron chi connectivity index (χ1n) is 6.02. The lowest BCUT2D eigenvalue weighted by Gasteiger charge is -2.02. The minimum Gasteiger partial charge on any atom is -0.305 e. The summed E-state index contributed by atoms with van der Waals surface area (Å²) in [6.45, 7) is 1.87. The Morgan fingerprint density at radius 1 is 1.20 bits per heavy atom. The molecule has 0 spiro atoms. The van der Waals surface area contributed by atoms with Crippen molar-refractivity contribution in [2.45, 2.75) is 6.92 Å². The number of aryl methyl sites for hydroxylation is 1. The van der Waals surface area contributed by atoms with E-state index in [-0.39, 0.29) is 11.7 Å². The topological polar surface area (TPSA) is 70.7 Å². The highest BCUT2D eigenvalue weighted by molar-refractivity contribution is 6.07. The van der Waals surface area contributed by atoms with Crippen LogP contribution in [0, 0.1) is 12.7 Å². The average molecular weight is 270 g/mol. The lowest BCUT2D eigenvalue weighted by molar-refractivity contribution is 0.102. The van der Waals surface area contributed by atoms with Gasteiger partial charge in [0.25, 0.3) is 5.91 Å². The molecule has 2 N–H and O–H groups in total. The first-order valence-corrected chi connectivity index (χ1v) is 6.02.